The number of nitrogens with one attached hydrogen (secondary N) is 2. The summed E-state index contributed by atoms with van der Waals surface area (Å²) in [5.41, 5.74) is -0.283. The van der Waals surface area contributed by atoms with Crippen molar-refractivity contribution in [2.24, 2.45) is 0 Å². The number of rotatable bonds is 7. The van der Waals surface area contributed by atoms with Crippen molar-refractivity contribution >= 4 is 29.0 Å². The molecule has 0 radical (unpaired) electrons. The molecule has 1 atom stereocenters. The topological polar surface area (TPSA) is 106 Å². The van der Waals surface area contributed by atoms with Crippen LogP contribution in [0.4, 0.5) is 11.5 Å². The van der Waals surface area contributed by atoms with E-state index in [4.69, 9.17) is 16.3 Å². The van der Waals surface area contributed by atoms with E-state index in [1.54, 1.807) is 6.92 Å². The minimum Gasteiger partial charge on any atom is -0.383 e. The molecule has 1 heterocycles. The summed E-state index contributed by atoms with van der Waals surface area (Å²) in [5, 5.41) is 16.3. The molecule has 0 aliphatic heterocycles. The quantitative estimate of drug-likeness (QED) is 0.445. The maximum absolute atomic E-state index is 11.7. The molecule has 0 spiro atoms. The molecule has 1 aromatic heterocycles. The minimum absolute atomic E-state index is 0.00575. The summed E-state index contributed by atoms with van der Waals surface area (Å²) in [6, 6.07) is 0.492. The molecule has 8 nitrogen and oxygen atoms in total. The highest BCUT2D eigenvalue weighted by Crippen LogP contribution is 2.25. The van der Waals surface area contributed by atoms with Gasteiger partial charge in [0.15, 0.2) is 0 Å². The molecule has 0 saturated heterocycles. The molecule has 0 saturated carbocycles. The van der Waals surface area contributed by atoms with E-state index in [1.165, 1.54) is 19.4 Å². The van der Waals surface area contributed by atoms with Gasteiger partial charge in [-0.05, 0) is 6.92 Å². The van der Waals surface area contributed by atoms with Crippen LogP contribution in [-0.2, 0) is 9.53 Å². The molecule has 0 aliphatic carbocycles. The van der Waals surface area contributed by atoms with E-state index >= 15 is 0 Å². The lowest BCUT2D eigenvalue weighted by atomic mass is 10.3. The highest BCUT2D eigenvalue weighted by molar-refractivity contribution is 6.30. The molecule has 0 fully saturated rings. The van der Waals surface area contributed by atoms with E-state index < -0.39 is 11.0 Å². The number of anilines is 1. The van der Waals surface area contributed by atoms with E-state index in [0.29, 0.717) is 13.2 Å². The lowest BCUT2D eigenvalue weighted by molar-refractivity contribution is -0.384. The van der Waals surface area contributed by atoms with Crippen molar-refractivity contribution in [1.82, 2.24) is 10.3 Å². The van der Waals surface area contributed by atoms with Crippen molar-refractivity contribution in [3.8, 4) is 0 Å². The third-order valence-electron chi connectivity index (χ3n) is 2.38. The van der Waals surface area contributed by atoms with Crippen LogP contribution in [0.2, 0.25) is 5.02 Å². The third kappa shape index (κ3) is 4.63. The van der Waals surface area contributed by atoms with E-state index in [9.17, 15) is 14.9 Å². The Kier molecular flexibility index (Phi) is 6.13. The maximum atomic E-state index is 11.7. The van der Waals surface area contributed by atoms with Gasteiger partial charge in [0.05, 0.1) is 16.6 Å². The van der Waals surface area contributed by atoms with Gasteiger partial charge in [-0.25, -0.2) is 4.98 Å². The van der Waals surface area contributed by atoms with Crippen LogP contribution in [0.25, 0.3) is 0 Å². The van der Waals surface area contributed by atoms with Gasteiger partial charge < -0.3 is 15.4 Å². The summed E-state index contributed by atoms with van der Waals surface area (Å²) in [6.07, 6.45) is 1.27. The predicted molar refractivity (Wildman–Crippen MR) is 73.9 cm³/mol. The summed E-state index contributed by atoms with van der Waals surface area (Å²) in [4.78, 5) is 25.8. The van der Waals surface area contributed by atoms with Gasteiger partial charge in [-0.15, -0.1) is 0 Å². The Balaban J connectivity index is 2.72. The first-order valence-corrected chi connectivity index (χ1v) is 6.16. The second-order valence-electron chi connectivity index (χ2n) is 3.93. The molecule has 20 heavy (non-hydrogen) atoms. The van der Waals surface area contributed by atoms with Gasteiger partial charge in [-0.3, -0.25) is 14.9 Å². The van der Waals surface area contributed by atoms with Crippen molar-refractivity contribution < 1.29 is 14.5 Å². The van der Waals surface area contributed by atoms with Gasteiger partial charge in [0, 0.05) is 25.9 Å². The second-order valence-corrected chi connectivity index (χ2v) is 4.36. The van der Waals surface area contributed by atoms with Crippen LogP contribution in [0.5, 0.6) is 0 Å². The Labute approximate surface area is 120 Å². The monoisotopic (exact) mass is 302 g/mol. The van der Waals surface area contributed by atoms with E-state index in [1.807, 2.05) is 0 Å². The number of amides is 1. The van der Waals surface area contributed by atoms with Crippen molar-refractivity contribution in [2.45, 2.75) is 13.0 Å². The fourth-order valence-electron chi connectivity index (χ4n) is 1.38. The fraction of sp³-hybridized carbons (Fsp3) is 0.455. The first kappa shape index (κ1) is 16.1. The summed E-state index contributed by atoms with van der Waals surface area (Å²) in [5.74, 6) is -0.318. The molecular weight excluding hydrogens is 288 g/mol. The van der Waals surface area contributed by atoms with Gasteiger partial charge in [0.1, 0.15) is 6.04 Å². The number of ether oxygens (including phenoxy) is 1. The molecule has 1 unspecified atom stereocenters. The van der Waals surface area contributed by atoms with Crippen LogP contribution < -0.4 is 10.6 Å². The Hall–Kier alpha value is -1.93. The molecule has 9 heteroatoms. The van der Waals surface area contributed by atoms with Gasteiger partial charge in [-0.1, -0.05) is 11.6 Å². The normalized spacial score (nSPS) is 11.8. The van der Waals surface area contributed by atoms with Crippen LogP contribution in [-0.4, -0.2) is 42.1 Å². The van der Waals surface area contributed by atoms with Crippen molar-refractivity contribution in [2.75, 3.05) is 25.6 Å². The van der Waals surface area contributed by atoms with Crippen LogP contribution >= 0.6 is 11.6 Å². The first-order valence-electron chi connectivity index (χ1n) is 5.78. The minimum atomic E-state index is -0.681. The molecular formula is C11H15ClN4O4. The number of hydrogen-bond acceptors (Lipinski definition) is 6. The average molecular weight is 303 g/mol. The number of pyridine rings is 1. The number of carbonyl (C=O) groups is 1. The zero-order chi connectivity index (χ0) is 15.1. The SMILES string of the molecule is COCCNC(=O)C(C)Nc1ncc(Cl)cc1[N+](=O)[O-]. The Morgan fingerprint density at radius 2 is 2.35 bits per heavy atom. The Morgan fingerprint density at radius 1 is 1.65 bits per heavy atom. The number of carbonyl (C=O) groups excluding carboxylic acids is 1. The van der Waals surface area contributed by atoms with Crippen molar-refractivity contribution in [3.63, 3.8) is 0 Å². The van der Waals surface area contributed by atoms with Gasteiger partial charge in [0.25, 0.3) is 0 Å². The maximum Gasteiger partial charge on any atom is 0.312 e. The Bertz CT molecular complexity index is 497. The second kappa shape index (κ2) is 7.61. The van der Waals surface area contributed by atoms with Gasteiger partial charge in [0.2, 0.25) is 11.7 Å². The van der Waals surface area contributed by atoms with Crippen LogP contribution in [0.1, 0.15) is 6.92 Å². The van der Waals surface area contributed by atoms with Gasteiger partial charge >= 0.3 is 5.69 Å². The number of nitro groups is 1. The summed E-state index contributed by atoms with van der Waals surface area (Å²) >= 11 is 5.66. The number of halogens is 1. The Morgan fingerprint density at radius 3 is 2.95 bits per heavy atom. The predicted octanol–water partition coefficient (Wildman–Crippen LogP) is 1.21. The van der Waals surface area contributed by atoms with Crippen LogP contribution in [0, 0.1) is 10.1 Å². The molecule has 0 aliphatic rings. The molecule has 1 rings (SSSR count). The molecule has 110 valence electrons. The highest BCUT2D eigenvalue weighted by atomic mass is 35.5. The van der Waals surface area contributed by atoms with Gasteiger partial charge in [-0.2, -0.15) is 0 Å². The number of hydrogen-bond donors (Lipinski definition) is 2. The third-order valence-corrected chi connectivity index (χ3v) is 2.59. The largest absolute Gasteiger partial charge is 0.383 e. The lowest BCUT2D eigenvalue weighted by Crippen LogP contribution is -2.39. The van der Waals surface area contributed by atoms with Crippen LogP contribution in [0.3, 0.4) is 0 Å². The first-order chi connectivity index (χ1) is 9.45. The summed E-state index contributed by atoms with van der Waals surface area (Å²) < 4.78 is 4.80. The summed E-state index contributed by atoms with van der Waals surface area (Å²) in [6.45, 7) is 2.32. The molecule has 0 bridgehead atoms. The average Bonchev–Trinajstić information content (AvgIpc) is 2.40. The number of methoxy groups -OCH3 is 1. The van der Waals surface area contributed by atoms with E-state index in [-0.39, 0.29) is 22.4 Å². The van der Waals surface area contributed by atoms with Crippen LogP contribution in [0.15, 0.2) is 12.3 Å². The highest BCUT2D eigenvalue weighted by Gasteiger charge is 2.20. The van der Waals surface area contributed by atoms with Crippen molar-refractivity contribution in [3.05, 3.63) is 27.4 Å². The molecule has 2 N–H and O–H groups in total. The number of aromatic nitrogens is 1. The lowest BCUT2D eigenvalue weighted by Gasteiger charge is -2.14. The molecule has 0 aromatic carbocycles. The molecule has 1 amide bonds. The van der Waals surface area contributed by atoms with E-state index in [0.717, 1.165) is 0 Å². The number of nitrogens with zero attached hydrogens (tertiary/aromatic N) is 2. The fourth-order valence-corrected chi connectivity index (χ4v) is 1.53. The zero-order valence-electron chi connectivity index (χ0n) is 11.1. The smallest absolute Gasteiger partial charge is 0.312 e. The van der Waals surface area contributed by atoms with E-state index in [2.05, 4.69) is 15.6 Å². The summed E-state index contributed by atoms with van der Waals surface area (Å²) in [7, 11) is 1.52. The van der Waals surface area contributed by atoms with Crippen molar-refractivity contribution in [1.29, 1.82) is 0 Å². The molecule has 1 aromatic rings. The standard InChI is InChI=1S/C11H15ClN4O4/c1-7(11(17)13-3-4-20-2)15-10-9(16(18)19)5-8(12)6-14-10/h5-7H,3-4H2,1-2H3,(H,13,17)(H,14,15). The zero-order valence-corrected chi connectivity index (χ0v) is 11.8.